The molecule has 1 rings (SSSR count). The zero-order valence-corrected chi connectivity index (χ0v) is 11.0. The molecule has 16 heavy (non-hydrogen) atoms. The van der Waals surface area contributed by atoms with Crippen LogP contribution < -0.4 is 5.19 Å². The van der Waals surface area contributed by atoms with Gasteiger partial charge >= 0.3 is 5.97 Å². The number of carboxylic acid groups (broad SMARTS) is 1. The molecule has 0 saturated heterocycles. The number of hydrogen-bond acceptors (Lipinski definition) is 1. The third-order valence-electron chi connectivity index (χ3n) is 2.81. The minimum Gasteiger partial charge on any atom is -0.478 e. The van der Waals surface area contributed by atoms with Gasteiger partial charge in [-0.2, -0.15) is 0 Å². The van der Waals surface area contributed by atoms with Crippen LogP contribution in [0.15, 0.2) is 42.0 Å². The summed E-state index contributed by atoms with van der Waals surface area (Å²) in [7, 11) is -1.53. The fourth-order valence-electron chi connectivity index (χ4n) is 1.50. The van der Waals surface area contributed by atoms with Crippen LogP contribution in [0, 0.1) is 0 Å². The highest BCUT2D eigenvalue weighted by molar-refractivity contribution is 6.90. The van der Waals surface area contributed by atoms with Crippen molar-refractivity contribution in [1.29, 1.82) is 0 Å². The van der Waals surface area contributed by atoms with Crippen molar-refractivity contribution in [1.82, 2.24) is 0 Å². The maximum atomic E-state index is 10.7. The summed E-state index contributed by atoms with van der Waals surface area (Å²) in [5, 5.41) is 10.2. The number of carboxylic acids is 1. The van der Waals surface area contributed by atoms with E-state index in [2.05, 4.69) is 25.2 Å². The van der Waals surface area contributed by atoms with Crippen LogP contribution in [0.1, 0.15) is 6.92 Å². The van der Waals surface area contributed by atoms with Gasteiger partial charge in [0.05, 0.1) is 8.07 Å². The molecule has 86 valence electrons. The Hall–Kier alpha value is -1.35. The number of hydrogen-bond donors (Lipinski definition) is 1. The topological polar surface area (TPSA) is 37.3 Å². The number of benzene rings is 1. The Balaban J connectivity index is 2.81. The van der Waals surface area contributed by atoms with Crippen LogP contribution in [0.25, 0.3) is 0 Å². The van der Waals surface area contributed by atoms with Gasteiger partial charge in [-0.25, -0.2) is 4.79 Å². The number of allylic oxidation sites excluding steroid dienone is 1. The lowest BCUT2D eigenvalue weighted by Crippen LogP contribution is -2.40. The van der Waals surface area contributed by atoms with Crippen LogP contribution in [-0.2, 0) is 4.79 Å². The van der Waals surface area contributed by atoms with Gasteiger partial charge in [-0.3, -0.25) is 0 Å². The van der Waals surface area contributed by atoms with Gasteiger partial charge in [-0.05, 0) is 13.0 Å². The quantitative estimate of drug-likeness (QED) is 0.642. The van der Waals surface area contributed by atoms with Crippen molar-refractivity contribution in [2.75, 3.05) is 0 Å². The van der Waals surface area contributed by atoms with Crippen molar-refractivity contribution in [3.05, 3.63) is 42.0 Å². The van der Waals surface area contributed by atoms with Crippen LogP contribution in [0.2, 0.25) is 19.1 Å². The van der Waals surface area contributed by atoms with Gasteiger partial charge in [0.15, 0.2) is 0 Å². The van der Waals surface area contributed by atoms with Crippen molar-refractivity contribution in [3.63, 3.8) is 0 Å². The SMILES string of the molecule is CC(=CC[Si](C)(C)c1ccccc1)C(=O)O. The molecule has 0 aliphatic heterocycles. The number of carbonyl (C=O) groups is 1. The summed E-state index contributed by atoms with van der Waals surface area (Å²) in [4.78, 5) is 10.7. The fourth-order valence-corrected chi connectivity index (χ4v) is 3.65. The normalized spacial score (nSPS) is 12.6. The van der Waals surface area contributed by atoms with Crippen LogP contribution in [0.4, 0.5) is 0 Å². The Kier molecular flexibility index (Phi) is 4.07. The predicted octanol–water partition coefficient (Wildman–Crippen LogP) is 2.63. The van der Waals surface area contributed by atoms with Crippen molar-refractivity contribution in [2.24, 2.45) is 0 Å². The van der Waals surface area contributed by atoms with Gasteiger partial charge in [-0.1, -0.05) is 54.7 Å². The lowest BCUT2D eigenvalue weighted by molar-refractivity contribution is -0.132. The van der Waals surface area contributed by atoms with E-state index >= 15 is 0 Å². The average Bonchev–Trinajstić information content (AvgIpc) is 2.27. The third-order valence-corrected chi connectivity index (χ3v) is 5.93. The van der Waals surface area contributed by atoms with E-state index in [0.29, 0.717) is 5.57 Å². The molecular weight excluding hydrogens is 216 g/mol. The van der Waals surface area contributed by atoms with Crippen LogP contribution >= 0.6 is 0 Å². The second-order valence-corrected chi connectivity index (χ2v) is 9.40. The Morgan fingerprint density at radius 1 is 1.31 bits per heavy atom. The molecule has 0 spiro atoms. The van der Waals surface area contributed by atoms with E-state index in [1.165, 1.54) is 5.19 Å². The lowest BCUT2D eigenvalue weighted by atomic mass is 10.3. The van der Waals surface area contributed by atoms with Crippen molar-refractivity contribution >= 4 is 19.2 Å². The second kappa shape index (κ2) is 5.12. The molecule has 3 heteroatoms. The molecule has 0 heterocycles. The first kappa shape index (κ1) is 12.7. The summed E-state index contributed by atoms with van der Waals surface area (Å²) in [6.07, 6.45) is 1.85. The fraction of sp³-hybridized carbons (Fsp3) is 0.308. The van der Waals surface area contributed by atoms with Crippen molar-refractivity contribution in [3.8, 4) is 0 Å². The molecule has 2 nitrogen and oxygen atoms in total. The van der Waals surface area contributed by atoms with E-state index in [-0.39, 0.29) is 0 Å². The molecule has 0 saturated carbocycles. The van der Waals surface area contributed by atoms with Gasteiger partial charge in [0.1, 0.15) is 0 Å². The first-order valence-corrected chi connectivity index (χ1v) is 8.60. The molecule has 0 radical (unpaired) electrons. The monoisotopic (exact) mass is 234 g/mol. The Morgan fingerprint density at radius 3 is 2.38 bits per heavy atom. The molecule has 0 amide bonds. The van der Waals surface area contributed by atoms with E-state index in [0.717, 1.165) is 6.04 Å². The Labute approximate surface area is 97.6 Å². The van der Waals surface area contributed by atoms with Gasteiger partial charge in [0.25, 0.3) is 0 Å². The second-order valence-electron chi connectivity index (χ2n) is 4.65. The standard InChI is InChI=1S/C13H18O2Si/c1-11(13(14)15)9-10-16(2,3)12-7-5-4-6-8-12/h4-9H,10H2,1-3H3,(H,14,15). The van der Waals surface area contributed by atoms with Crippen LogP contribution in [-0.4, -0.2) is 19.1 Å². The highest BCUT2D eigenvalue weighted by atomic mass is 28.3. The first-order chi connectivity index (χ1) is 7.43. The van der Waals surface area contributed by atoms with Gasteiger partial charge in [0.2, 0.25) is 0 Å². The highest BCUT2D eigenvalue weighted by Crippen LogP contribution is 2.12. The van der Waals surface area contributed by atoms with Gasteiger partial charge in [0, 0.05) is 5.57 Å². The molecule has 0 aromatic heterocycles. The Bertz CT molecular complexity index is 394. The van der Waals surface area contributed by atoms with Crippen LogP contribution in [0.3, 0.4) is 0 Å². The minimum atomic E-state index is -1.53. The predicted molar refractivity (Wildman–Crippen MR) is 69.8 cm³/mol. The average molecular weight is 234 g/mol. The molecule has 0 fully saturated rings. The molecule has 1 N–H and O–H groups in total. The molecule has 0 aliphatic rings. The maximum Gasteiger partial charge on any atom is 0.330 e. The smallest absolute Gasteiger partial charge is 0.330 e. The number of aliphatic carboxylic acids is 1. The summed E-state index contributed by atoms with van der Waals surface area (Å²) in [6, 6.07) is 11.2. The molecule has 1 aromatic rings. The summed E-state index contributed by atoms with van der Waals surface area (Å²) in [5.74, 6) is -0.821. The largest absolute Gasteiger partial charge is 0.478 e. The van der Waals surface area contributed by atoms with Crippen LogP contribution in [0.5, 0.6) is 0 Å². The molecule has 0 atom stereocenters. The minimum absolute atomic E-state index is 0.441. The highest BCUT2D eigenvalue weighted by Gasteiger charge is 2.21. The summed E-state index contributed by atoms with van der Waals surface area (Å²) in [6.45, 7) is 6.17. The molecule has 0 aliphatic carbocycles. The summed E-state index contributed by atoms with van der Waals surface area (Å²) >= 11 is 0. The zero-order valence-electron chi connectivity index (χ0n) is 10.0. The summed E-state index contributed by atoms with van der Waals surface area (Å²) in [5.41, 5.74) is 0.441. The molecule has 0 unspecified atom stereocenters. The molecule has 1 aromatic carbocycles. The van der Waals surface area contributed by atoms with E-state index < -0.39 is 14.0 Å². The van der Waals surface area contributed by atoms with E-state index in [1.807, 2.05) is 24.3 Å². The van der Waals surface area contributed by atoms with Gasteiger partial charge < -0.3 is 5.11 Å². The van der Waals surface area contributed by atoms with E-state index in [9.17, 15) is 4.79 Å². The Morgan fingerprint density at radius 2 is 1.88 bits per heavy atom. The van der Waals surface area contributed by atoms with Gasteiger partial charge in [-0.15, -0.1) is 0 Å². The molecular formula is C13H18O2Si. The van der Waals surface area contributed by atoms with Crippen molar-refractivity contribution < 1.29 is 9.90 Å². The number of rotatable bonds is 4. The third kappa shape index (κ3) is 3.34. The first-order valence-electron chi connectivity index (χ1n) is 5.39. The zero-order chi connectivity index (χ0) is 12.2. The maximum absolute atomic E-state index is 10.7. The summed E-state index contributed by atoms with van der Waals surface area (Å²) < 4.78 is 0. The van der Waals surface area contributed by atoms with E-state index in [4.69, 9.17) is 5.11 Å². The molecule has 0 bridgehead atoms. The van der Waals surface area contributed by atoms with E-state index in [1.54, 1.807) is 6.92 Å². The lowest BCUT2D eigenvalue weighted by Gasteiger charge is -2.21. The van der Waals surface area contributed by atoms with Crippen molar-refractivity contribution in [2.45, 2.75) is 26.1 Å².